The molecule has 0 saturated heterocycles. The molecule has 10 nitrogen and oxygen atoms in total. The monoisotopic (exact) mass is 599 g/mol. The molecule has 0 fully saturated rings. The molecule has 226 valence electrons. The lowest BCUT2D eigenvalue weighted by molar-refractivity contribution is -2.00. The number of anilines is 2. The van der Waals surface area contributed by atoms with Gasteiger partial charge in [-0.2, -0.15) is 0 Å². The maximum absolute atomic E-state index is 14.8. The number of hydrogen-bond acceptors (Lipinski definition) is 8. The minimum atomic E-state index is -4.94. The second-order valence-corrected chi connectivity index (χ2v) is 10.7. The summed E-state index contributed by atoms with van der Waals surface area (Å²) in [5.41, 5.74) is 3.99. The molecule has 0 radical (unpaired) electrons. The average molecular weight is 600 g/mol. The van der Waals surface area contributed by atoms with Gasteiger partial charge in [-0.3, -0.25) is 14.2 Å². The Morgan fingerprint density at radius 2 is 1.33 bits per heavy atom. The molecule has 3 aromatic rings. The Kier molecular flexibility index (Phi) is 10.3. The van der Waals surface area contributed by atoms with Crippen LogP contribution in [0.15, 0.2) is 84.6 Å². The molecule has 0 spiro atoms. The maximum atomic E-state index is 14.8. The van der Waals surface area contributed by atoms with Crippen LogP contribution in [0.2, 0.25) is 0 Å². The number of halogens is 1. The summed E-state index contributed by atoms with van der Waals surface area (Å²) in [6.07, 6.45) is 0. The van der Waals surface area contributed by atoms with Crippen molar-refractivity contribution in [3.8, 4) is 11.5 Å². The number of ether oxygens (including phenoxy) is 1. The zero-order valence-electron chi connectivity index (χ0n) is 24.7. The SMILES string of the molecule is CC[N+](CC)(CC)C1(C)N(c2ccc(O)cc2)C(C)=C(c2ccccc2)C(=O)N1c1ccccc1OC.[O-][Cl+3]([O-])([O-])[O-]. The molecule has 42 heavy (non-hydrogen) atoms. The second kappa shape index (κ2) is 13.1. The molecule has 1 unspecified atom stereocenters. The average Bonchev–Trinajstić information content (AvgIpc) is 2.95. The Labute approximate surface area is 249 Å². The number of hydrogen-bond donors (Lipinski definition) is 1. The van der Waals surface area contributed by atoms with Crippen LogP contribution in [0.3, 0.4) is 0 Å². The van der Waals surface area contributed by atoms with Gasteiger partial charge in [0, 0.05) is 18.3 Å². The molecule has 3 aromatic carbocycles. The third kappa shape index (κ3) is 6.24. The predicted octanol–water partition coefficient (Wildman–Crippen LogP) is 1.48. The lowest BCUT2D eigenvalue weighted by Gasteiger charge is -2.61. The standard InChI is InChI=1S/C31H37N3O3.ClHO4/c1-7-34(8-2,9-3)31(5)32(25-19-21-26(35)22-20-25)23(4)29(24-15-11-10-12-16-24)30(36)33(31)27-17-13-14-18-28(27)37-6;2-1(3,4)5/h10-22H,7-9H2,1-6H3;(H,2,3,4,5). The van der Waals surface area contributed by atoms with Gasteiger partial charge in [0.25, 0.3) is 11.7 Å². The van der Waals surface area contributed by atoms with E-state index in [1.54, 1.807) is 19.2 Å². The summed E-state index contributed by atoms with van der Waals surface area (Å²) in [5.74, 6) is -0.0690. The van der Waals surface area contributed by atoms with Crippen LogP contribution in [-0.4, -0.2) is 48.0 Å². The Balaban J connectivity index is 0.000000892. The van der Waals surface area contributed by atoms with Gasteiger partial charge in [0.05, 0.1) is 38.0 Å². The van der Waals surface area contributed by atoms with Gasteiger partial charge in [-0.15, -0.1) is 10.2 Å². The minimum absolute atomic E-state index is 0.0661. The third-order valence-corrected chi connectivity index (χ3v) is 8.17. The van der Waals surface area contributed by atoms with Crippen molar-refractivity contribution in [2.24, 2.45) is 0 Å². The molecule has 1 N–H and O–H groups in total. The van der Waals surface area contributed by atoms with Crippen LogP contribution < -0.4 is 33.2 Å². The van der Waals surface area contributed by atoms with E-state index >= 15 is 0 Å². The number of methoxy groups -OCH3 is 1. The summed E-state index contributed by atoms with van der Waals surface area (Å²) in [6.45, 7) is 13.2. The zero-order chi connectivity index (χ0) is 31.3. The van der Waals surface area contributed by atoms with Crippen LogP contribution in [0.25, 0.3) is 5.57 Å². The van der Waals surface area contributed by atoms with Gasteiger partial charge < -0.3 is 9.84 Å². The molecule has 0 aliphatic carbocycles. The van der Waals surface area contributed by atoms with Crippen LogP contribution in [0, 0.1) is 10.2 Å². The van der Waals surface area contributed by atoms with Gasteiger partial charge in [0.15, 0.2) is 0 Å². The maximum Gasteiger partial charge on any atom is 0.267 e. The van der Waals surface area contributed by atoms with Crippen molar-refractivity contribution in [2.75, 3.05) is 36.5 Å². The molecule has 0 saturated carbocycles. The van der Waals surface area contributed by atoms with E-state index in [2.05, 4.69) is 32.6 Å². The van der Waals surface area contributed by atoms with Crippen molar-refractivity contribution in [1.82, 2.24) is 0 Å². The lowest BCUT2D eigenvalue weighted by atomic mass is 9.93. The number of carbonyl (C=O) groups excluding carboxylic acids is 1. The van der Waals surface area contributed by atoms with Crippen molar-refractivity contribution in [3.05, 3.63) is 90.1 Å². The number of quaternary nitrogens is 1. The fourth-order valence-electron chi connectivity index (χ4n) is 6.11. The Hall–Kier alpha value is -3.64. The molecule has 1 aliphatic rings. The van der Waals surface area contributed by atoms with Crippen molar-refractivity contribution < 1.29 is 48.0 Å². The second-order valence-electron chi connectivity index (χ2n) is 9.93. The van der Waals surface area contributed by atoms with Crippen molar-refractivity contribution in [1.29, 1.82) is 0 Å². The van der Waals surface area contributed by atoms with Gasteiger partial charge in [0.2, 0.25) is 0 Å². The number of allylic oxidation sites excluding steroid dienone is 1. The molecule has 1 atom stereocenters. The first-order valence-electron chi connectivity index (χ1n) is 13.6. The summed E-state index contributed by atoms with van der Waals surface area (Å²) < 4.78 is 40.4. The Morgan fingerprint density at radius 1 is 0.833 bits per heavy atom. The summed E-state index contributed by atoms with van der Waals surface area (Å²) in [6, 6.07) is 24.8. The highest BCUT2D eigenvalue weighted by Gasteiger charge is 2.60. The van der Waals surface area contributed by atoms with Gasteiger partial charge in [-0.25, -0.2) is 23.5 Å². The van der Waals surface area contributed by atoms with Gasteiger partial charge in [-0.1, -0.05) is 42.5 Å². The van der Waals surface area contributed by atoms with E-state index in [0.29, 0.717) is 15.8 Å². The Morgan fingerprint density at radius 3 is 1.83 bits per heavy atom. The van der Waals surface area contributed by atoms with Crippen LogP contribution in [0.5, 0.6) is 11.5 Å². The van der Waals surface area contributed by atoms with E-state index in [-0.39, 0.29) is 11.7 Å². The summed E-state index contributed by atoms with van der Waals surface area (Å²) in [7, 11) is -3.30. The van der Waals surface area contributed by atoms with E-state index in [0.717, 1.165) is 42.3 Å². The number of phenols is 1. The molecular weight excluding hydrogens is 562 g/mol. The molecule has 0 aromatic heterocycles. The number of para-hydroxylation sites is 2. The number of carbonyl (C=O) groups is 1. The largest absolute Gasteiger partial charge is 0.508 e. The number of rotatable bonds is 8. The van der Waals surface area contributed by atoms with E-state index in [1.807, 2.05) is 78.6 Å². The van der Waals surface area contributed by atoms with E-state index in [1.165, 1.54) is 0 Å². The fraction of sp³-hybridized carbons (Fsp3) is 0.323. The van der Waals surface area contributed by atoms with E-state index in [9.17, 15) is 9.90 Å². The van der Waals surface area contributed by atoms with Gasteiger partial charge >= 0.3 is 0 Å². The van der Waals surface area contributed by atoms with Crippen molar-refractivity contribution in [3.63, 3.8) is 0 Å². The first kappa shape index (κ1) is 32.9. The number of phenolic OH excluding ortho intramolecular Hbond substituents is 1. The molecule has 4 rings (SSSR count). The van der Waals surface area contributed by atoms with Crippen molar-refractivity contribution in [2.45, 2.75) is 40.4 Å². The van der Waals surface area contributed by atoms with Crippen LogP contribution in [0.4, 0.5) is 11.4 Å². The highest BCUT2D eigenvalue weighted by Crippen LogP contribution is 2.49. The smallest absolute Gasteiger partial charge is 0.267 e. The number of benzene rings is 3. The number of aromatic hydroxyl groups is 1. The quantitative estimate of drug-likeness (QED) is 0.383. The molecule has 1 amide bonds. The minimum Gasteiger partial charge on any atom is -0.508 e. The summed E-state index contributed by atoms with van der Waals surface area (Å²) >= 11 is 0. The highest BCUT2D eigenvalue weighted by atomic mass is 35.7. The third-order valence-electron chi connectivity index (χ3n) is 8.17. The number of nitrogens with zero attached hydrogens (tertiary/aromatic N) is 3. The van der Waals surface area contributed by atoms with Crippen LogP contribution in [-0.2, 0) is 4.79 Å². The Bertz CT molecular complexity index is 1380. The molecular formula is C31H38ClN3O7. The molecule has 0 bridgehead atoms. The predicted molar refractivity (Wildman–Crippen MR) is 150 cm³/mol. The highest BCUT2D eigenvalue weighted by molar-refractivity contribution is 6.29. The normalized spacial score (nSPS) is 17.6. The van der Waals surface area contributed by atoms with Gasteiger partial charge in [-0.05, 0) is 69.7 Å². The topological polar surface area (TPSA) is 145 Å². The first-order chi connectivity index (χ1) is 19.8. The molecule has 1 aliphatic heterocycles. The lowest BCUT2D eigenvalue weighted by Crippen LogP contribution is -2.80. The van der Waals surface area contributed by atoms with E-state index < -0.39 is 16.0 Å². The van der Waals surface area contributed by atoms with Crippen LogP contribution >= 0.6 is 0 Å². The van der Waals surface area contributed by atoms with E-state index in [4.69, 9.17) is 23.4 Å². The molecule has 1 heterocycles. The first-order valence-corrected chi connectivity index (χ1v) is 14.8. The van der Waals surface area contributed by atoms with Crippen molar-refractivity contribution >= 4 is 22.9 Å². The summed E-state index contributed by atoms with van der Waals surface area (Å²) in [4.78, 5) is 19.0. The fourth-order valence-corrected chi connectivity index (χ4v) is 6.11. The molecule has 11 heteroatoms. The van der Waals surface area contributed by atoms with Gasteiger partial charge in [0.1, 0.15) is 11.5 Å². The number of amides is 1. The zero-order valence-corrected chi connectivity index (χ0v) is 25.5. The van der Waals surface area contributed by atoms with Crippen LogP contribution in [0.1, 0.15) is 40.2 Å². The summed E-state index contributed by atoms with van der Waals surface area (Å²) in [5, 5.41) is 10.1.